The Kier molecular flexibility index (Phi) is 3.48. The van der Waals surface area contributed by atoms with Crippen molar-refractivity contribution in [2.24, 2.45) is 0 Å². The number of aromatic hydroxyl groups is 1. The summed E-state index contributed by atoms with van der Waals surface area (Å²) in [5.41, 5.74) is 0. The minimum atomic E-state index is 0.308. The van der Waals surface area contributed by atoms with E-state index in [2.05, 4.69) is 0 Å². The Hall–Kier alpha value is -2.20. The number of thiophene rings is 1. The molecule has 4 heteroatoms. The first-order chi connectivity index (χ1) is 9.78. The molecule has 0 radical (unpaired) electrons. The Balaban J connectivity index is 1.82. The van der Waals surface area contributed by atoms with Crippen LogP contribution in [0.15, 0.2) is 48.5 Å². The van der Waals surface area contributed by atoms with E-state index in [0.29, 0.717) is 12.4 Å². The summed E-state index contributed by atoms with van der Waals surface area (Å²) in [4.78, 5) is 1.06. The van der Waals surface area contributed by atoms with Gasteiger partial charge in [-0.05, 0) is 30.3 Å². The van der Waals surface area contributed by atoms with Crippen LogP contribution in [0, 0.1) is 0 Å². The summed E-state index contributed by atoms with van der Waals surface area (Å²) in [5.74, 6) is 1.75. The van der Waals surface area contributed by atoms with Crippen molar-refractivity contribution in [2.45, 2.75) is 6.61 Å². The second-order valence-corrected chi connectivity index (χ2v) is 5.51. The molecule has 1 aromatic heterocycles. The van der Waals surface area contributed by atoms with Gasteiger partial charge in [0.1, 0.15) is 12.4 Å². The summed E-state index contributed by atoms with van der Waals surface area (Å²) in [6.07, 6.45) is 0. The summed E-state index contributed by atoms with van der Waals surface area (Å²) in [6.45, 7) is 0.458. The lowest BCUT2D eigenvalue weighted by Gasteiger charge is -2.08. The third kappa shape index (κ3) is 2.42. The van der Waals surface area contributed by atoms with E-state index in [-0.39, 0.29) is 0 Å². The van der Waals surface area contributed by atoms with E-state index in [1.807, 2.05) is 42.5 Å². The fourth-order valence-electron chi connectivity index (χ4n) is 2.06. The van der Waals surface area contributed by atoms with Gasteiger partial charge in [-0.25, -0.2) is 0 Å². The van der Waals surface area contributed by atoms with Crippen molar-refractivity contribution in [2.75, 3.05) is 7.11 Å². The first kappa shape index (κ1) is 12.8. The molecular formula is C16H14O3S. The van der Waals surface area contributed by atoms with Crippen LogP contribution in [0.3, 0.4) is 0 Å². The highest BCUT2D eigenvalue weighted by molar-refractivity contribution is 7.19. The van der Waals surface area contributed by atoms with Crippen LogP contribution in [0.25, 0.3) is 10.1 Å². The summed E-state index contributed by atoms with van der Waals surface area (Å²) < 4.78 is 12.1. The number of para-hydroxylation sites is 2. The molecule has 3 aromatic rings. The molecule has 3 rings (SSSR count). The van der Waals surface area contributed by atoms with E-state index >= 15 is 0 Å². The van der Waals surface area contributed by atoms with Crippen LogP contribution in [-0.2, 0) is 6.61 Å². The van der Waals surface area contributed by atoms with Crippen molar-refractivity contribution in [1.29, 1.82) is 0 Å². The molecular weight excluding hydrogens is 272 g/mol. The number of phenols is 1. The Morgan fingerprint density at radius 3 is 2.60 bits per heavy atom. The highest BCUT2D eigenvalue weighted by Gasteiger charge is 2.07. The van der Waals surface area contributed by atoms with Gasteiger partial charge in [0.25, 0.3) is 0 Å². The molecule has 2 aromatic carbocycles. The van der Waals surface area contributed by atoms with E-state index in [4.69, 9.17) is 9.47 Å². The number of hydrogen-bond acceptors (Lipinski definition) is 4. The highest BCUT2D eigenvalue weighted by atomic mass is 32.1. The molecule has 20 heavy (non-hydrogen) atoms. The molecule has 0 aliphatic rings. The molecule has 0 fully saturated rings. The van der Waals surface area contributed by atoms with Gasteiger partial charge in [0.15, 0.2) is 11.5 Å². The van der Waals surface area contributed by atoms with Gasteiger partial charge in [0.2, 0.25) is 0 Å². The normalized spacial score (nSPS) is 10.7. The van der Waals surface area contributed by atoms with E-state index < -0.39 is 0 Å². The average Bonchev–Trinajstić information content (AvgIpc) is 2.90. The first-order valence-electron chi connectivity index (χ1n) is 6.24. The Bertz CT molecular complexity index is 733. The molecule has 0 saturated heterocycles. The lowest BCUT2D eigenvalue weighted by atomic mass is 10.2. The predicted octanol–water partition coefficient (Wildman–Crippen LogP) is 4.19. The molecule has 0 bridgehead atoms. The first-order valence-corrected chi connectivity index (χ1v) is 7.06. The van der Waals surface area contributed by atoms with Crippen molar-refractivity contribution in [1.82, 2.24) is 0 Å². The zero-order valence-electron chi connectivity index (χ0n) is 11.0. The minimum Gasteiger partial charge on any atom is -0.507 e. The quantitative estimate of drug-likeness (QED) is 0.781. The van der Waals surface area contributed by atoms with Gasteiger partial charge in [-0.1, -0.05) is 18.2 Å². The van der Waals surface area contributed by atoms with Crippen LogP contribution in [0.2, 0.25) is 0 Å². The zero-order valence-corrected chi connectivity index (χ0v) is 11.8. The Morgan fingerprint density at radius 2 is 1.85 bits per heavy atom. The SMILES string of the molecule is COc1ccccc1OCc1cc2c(O)cccc2s1. The van der Waals surface area contributed by atoms with Crippen molar-refractivity contribution < 1.29 is 14.6 Å². The maximum absolute atomic E-state index is 9.80. The van der Waals surface area contributed by atoms with Crippen LogP contribution < -0.4 is 9.47 Å². The second kappa shape index (κ2) is 5.43. The van der Waals surface area contributed by atoms with Crippen LogP contribution in [0.4, 0.5) is 0 Å². The topological polar surface area (TPSA) is 38.7 Å². The monoisotopic (exact) mass is 286 g/mol. The van der Waals surface area contributed by atoms with Crippen LogP contribution >= 0.6 is 11.3 Å². The lowest BCUT2D eigenvalue weighted by Crippen LogP contribution is -1.95. The van der Waals surface area contributed by atoms with Crippen LogP contribution in [0.1, 0.15) is 4.88 Å². The van der Waals surface area contributed by atoms with E-state index in [1.54, 1.807) is 24.5 Å². The van der Waals surface area contributed by atoms with Crippen LogP contribution in [-0.4, -0.2) is 12.2 Å². The maximum atomic E-state index is 9.80. The molecule has 1 heterocycles. The van der Waals surface area contributed by atoms with E-state index in [0.717, 1.165) is 26.5 Å². The Labute approximate surface area is 121 Å². The summed E-state index contributed by atoms with van der Waals surface area (Å²) in [6, 6.07) is 15.1. The third-order valence-electron chi connectivity index (χ3n) is 3.03. The minimum absolute atomic E-state index is 0.308. The molecule has 102 valence electrons. The summed E-state index contributed by atoms with van der Waals surface area (Å²) in [7, 11) is 1.62. The Morgan fingerprint density at radius 1 is 1.05 bits per heavy atom. The third-order valence-corrected chi connectivity index (χ3v) is 4.10. The highest BCUT2D eigenvalue weighted by Crippen LogP contribution is 2.33. The zero-order chi connectivity index (χ0) is 13.9. The van der Waals surface area contributed by atoms with Gasteiger partial charge in [-0.3, -0.25) is 0 Å². The second-order valence-electron chi connectivity index (χ2n) is 4.34. The molecule has 0 spiro atoms. The van der Waals surface area contributed by atoms with E-state index in [9.17, 15) is 5.11 Å². The van der Waals surface area contributed by atoms with Crippen molar-refractivity contribution in [3.8, 4) is 17.2 Å². The predicted molar refractivity (Wildman–Crippen MR) is 80.8 cm³/mol. The fourth-order valence-corrected chi connectivity index (χ4v) is 3.05. The van der Waals surface area contributed by atoms with Crippen molar-refractivity contribution in [3.63, 3.8) is 0 Å². The number of fused-ring (bicyclic) bond motifs is 1. The molecule has 0 amide bonds. The molecule has 0 aliphatic carbocycles. The number of phenolic OH excluding ortho intramolecular Hbond substituents is 1. The lowest BCUT2D eigenvalue weighted by molar-refractivity contribution is 0.287. The maximum Gasteiger partial charge on any atom is 0.161 e. The number of rotatable bonds is 4. The number of hydrogen-bond donors (Lipinski definition) is 1. The van der Waals surface area contributed by atoms with E-state index in [1.165, 1.54) is 0 Å². The molecule has 3 nitrogen and oxygen atoms in total. The smallest absolute Gasteiger partial charge is 0.161 e. The molecule has 1 N–H and O–H groups in total. The average molecular weight is 286 g/mol. The largest absolute Gasteiger partial charge is 0.507 e. The van der Waals surface area contributed by atoms with Crippen molar-refractivity contribution >= 4 is 21.4 Å². The molecule has 0 aliphatic heterocycles. The van der Waals surface area contributed by atoms with Gasteiger partial charge in [0.05, 0.1) is 7.11 Å². The molecule has 0 saturated carbocycles. The molecule has 0 unspecified atom stereocenters. The summed E-state index contributed by atoms with van der Waals surface area (Å²) in [5, 5.41) is 10.7. The van der Waals surface area contributed by atoms with Gasteiger partial charge in [0, 0.05) is 15.0 Å². The van der Waals surface area contributed by atoms with Gasteiger partial charge in [-0.2, -0.15) is 0 Å². The van der Waals surface area contributed by atoms with Gasteiger partial charge >= 0.3 is 0 Å². The van der Waals surface area contributed by atoms with Gasteiger partial charge < -0.3 is 14.6 Å². The number of methoxy groups -OCH3 is 1. The number of ether oxygens (including phenoxy) is 2. The molecule has 0 atom stereocenters. The van der Waals surface area contributed by atoms with Crippen LogP contribution in [0.5, 0.6) is 17.2 Å². The number of benzene rings is 2. The standard InChI is InChI=1S/C16H14O3S/c1-18-14-6-2-3-7-15(14)19-10-11-9-12-13(17)5-4-8-16(12)20-11/h2-9,17H,10H2,1H3. The fraction of sp³-hybridized carbons (Fsp3) is 0.125. The van der Waals surface area contributed by atoms with Gasteiger partial charge in [-0.15, -0.1) is 11.3 Å². The summed E-state index contributed by atoms with van der Waals surface area (Å²) >= 11 is 1.62. The van der Waals surface area contributed by atoms with Crippen molar-refractivity contribution in [3.05, 3.63) is 53.4 Å².